The van der Waals surface area contributed by atoms with Crippen LogP contribution in [0.5, 0.6) is 11.5 Å². The van der Waals surface area contributed by atoms with Crippen LogP contribution in [0, 0.1) is 0 Å². The Morgan fingerprint density at radius 2 is 2.00 bits per heavy atom. The molecule has 0 aliphatic carbocycles. The largest absolute Gasteiger partial charge is 0.493 e. The van der Waals surface area contributed by atoms with Gasteiger partial charge >= 0.3 is 0 Å². The topological polar surface area (TPSA) is 82.5 Å². The Morgan fingerprint density at radius 3 is 2.77 bits per heavy atom. The minimum absolute atomic E-state index is 0.0175. The van der Waals surface area contributed by atoms with Gasteiger partial charge in [0.1, 0.15) is 6.54 Å². The van der Waals surface area contributed by atoms with Crippen molar-refractivity contribution >= 4 is 22.5 Å². The second-order valence-electron chi connectivity index (χ2n) is 5.53. The van der Waals surface area contributed by atoms with Gasteiger partial charge in [0, 0.05) is 17.1 Å². The average molecular weight is 353 g/mol. The molecule has 0 unspecified atom stereocenters. The smallest absolute Gasteiger partial charge is 0.246 e. The molecule has 0 aliphatic rings. The Labute approximate surface area is 150 Å². The number of aromatic nitrogens is 2. The zero-order valence-corrected chi connectivity index (χ0v) is 14.6. The number of para-hydroxylation sites is 1. The molecule has 0 saturated heterocycles. The van der Waals surface area contributed by atoms with E-state index in [1.807, 2.05) is 6.92 Å². The number of amides is 1. The van der Waals surface area contributed by atoms with Crippen LogP contribution < -0.4 is 20.2 Å². The van der Waals surface area contributed by atoms with Crippen molar-refractivity contribution in [2.45, 2.75) is 13.5 Å². The summed E-state index contributed by atoms with van der Waals surface area (Å²) in [7, 11) is 1.54. The maximum Gasteiger partial charge on any atom is 0.246 e. The molecule has 26 heavy (non-hydrogen) atoms. The predicted octanol–water partition coefficient (Wildman–Crippen LogP) is 2.44. The van der Waals surface area contributed by atoms with E-state index in [9.17, 15) is 9.59 Å². The zero-order chi connectivity index (χ0) is 18.5. The molecule has 0 aliphatic heterocycles. The Kier molecular flexibility index (Phi) is 5.17. The van der Waals surface area contributed by atoms with Crippen LogP contribution in [-0.2, 0) is 11.3 Å². The van der Waals surface area contributed by atoms with Gasteiger partial charge in [-0.05, 0) is 31.2 Å². The second-order valence-corrected chi connectivity index (χ2v) is 5.53. The van der Waals surface area contributed by atoms with Crippen LogP contribution in [0.2, 0.25) is 0 Å². The Morgan fingerprint density at radius 1 is 1.19 bits per heavy atom. The van der Waals surface area contributed by atoms with Gasteiger partial charge in [-0.25, -0.2) is 0 Å². The van der Waals surface area contributed by atoms with E-state index in [0.29, 0.717) is 34.7 Å². The monoisotopic (exact) mass is 353 g/mol. The maximum atomic E-state index is 12.4. The highest BCUT2D eigenvalue weighted by Crippen LogP contribution is 2.30. The molecule has 7 nitrogen and oxygen atoms in total. The van der Waals surface area contributed by atoms with Crippen molar-refractivity contribution in [2.75, 3.05) is 19.0 Å². The van der Waals surface area contributed by atoms with Crippen LogP contribution in [0.4, 0.5) is 5.69 Å². The summed E-state index contributed by atoms with van der Waals surface area (Å²) in [6, 6.07) is 12.2. The molecule has 0 spiro atoms. The number of benzene rings is 2. The van der Waals surface area contributed by atoms with Crippen LogP contribution in [-0.4, -0.2) is 29.4 Å². The number of carbonyl (C=O) groups excluding carboxylic acids is 1. The standard InChI is InChI=1S/C19H19N3O4/c1-3-26-17-9-8-13(10-18(17)25-2)21-19(24)12-22-15-7-5-4-6-14(15)16(23)11-20-22/h4-11H,3,12H2,1-2H3,(H,21,24). The van der Waals surface area contributed by atoms with Crippen molar-refractivity contribution in [1.29, 1.82) is 0 Å². The minimum Gasteiger partial charge on any atom is -0.493 e. The van der Waals surface area contributed by atoms with E-state index in [1.165, 1.54) is 10.9 Å². The summed E-state index contributed by atoms with van der Waals surface area (Å²) in [4.78, 5) is 24.3. The number of methoxy groups -OCH3 is 1. The fraction of sp³-hybridized carbons (Fsp3) is 0.211. The van der Waals surface area contributed by atoms with Crippen molar-refractivity contribution in [1.82, 2.24) is 9.78 Å². The van der Waals surface area contributed by atoms with Crippen molar-refractivity contribution in [3.8, 4) is 11.5 Å². The molecule has 3 rings (SSSR count). The summed E-state index contributed by atoms with van der Waals surface area (Å²) in [6.45, 7) is 2.39. The minimum atomic E-state index is -0.266. The average Bonchev–Trinajstić information content (AvgIpc) is 2.65. The van der Waals surface area contributed by atoms with Crippen LogP contribution in [0.25, 0.3) is 10.9 Å². The molecule has 0 atom stereocenters. The third-order valence-corrected chi connectivity index (χ3v) is 3.80. The van der Waals surface area contributed by atoms with E-state index in [0.717, 1.165) is 0 Å². The van der Waals surface area contributed by atoms with Gasteiger partial charge in [-0.2, -0.15) is 5.10 Å². The van der Waals surface area contributed by atoms with Gasteiger partial charge in [-0.3, -0.25) is 14.3 Å². The third-order valence-electron chi connectivity index (χ3n) is 3.80. The zero-order valence-electron chi connectivity index (χ0n) is 14.6. The van der Waals surface area contributed by atoms with E-state index >= 15 is 0 Å². The predicted molar refractivity (Wildman–Crippen MR) is 98.8 cm³/mol. The summed E-state index contributed by atoms with van der Waals surface area (Å²) in [5, 5.41) is 7.39. The Balaban J connectivity index is 1.80. The number of nitrogens with one attached hydrogen (secondary N) is 1. The first-order valence-corrected chi connectivity index (χ1v) is 8.18. The lowest BCUT2D eigenvalue weighted by atomic mass is 10.2. The fourth-order valence-electron chi connectivity index (χ4n) is 2.64. The number of nitrogens with zero attached hydrogens (tertiary/aromatic N) is 2. The molecular formula is C19H19N3O4. The van der Waals surface area contributed by atoms with E-state index in [4.69, 9.17) is 9.47 Å². The highest BCUT2D eigenvalue weighted by Gasteiger charge is 2.10. The van der Waals surface area contributed by atoms with Gasteiger partial charge < -0.3 is 14.8 Å². The molecule has 1 aromatic heterocycles. The van der Waals surface area contributed by atoms with E-state index < -0.39 is 0 Å². The molecule has 0 saturated carbocycles. The van der Waals surface area contributed by atoms with Gasteiger partial charge in [-0.15, -0.1) is 0 Å². The lowest BCUT2D eigenvalue weighted by Crippen LogP contribution is -2.22. The quantitative estimate of drug-likeness (QED) is 0.736. The second kappa shape index (κ2) is 7.69. The van der Waals surface area contributed by atoms with Crippen molar-refractivity contribution < 1.29 is 14.3 Å². The Bertz CT molecular complexity index is 997. The van der Waals surface area contributed by atoms with Gasteiger partial charge in [0.05, 0.1) is 25.4 Å². The molecule has 0 radical (unpaired) electrons. The molecule has 1 N–H and O–H groups in total. The summed E-state index contributed by atoms with van der Waals surface area (Å²) < 4.78 is 12.2. The summed E-state index contributed by atoms with van der Waals surface area (Å²) in [6.07, 6.45) is 1.22. The van der Waals surface area contributed by atoms with Crippen molar-refractivity contribution in [2.24, 2.45) is 0 Å². The summed E-state index contributed by atoms with van der Waals surface area (Å²) in [5.74, 6) is 0.884. The highest BCUT2D eigenvalue weighted by atomic mass is 16.5. The lowest BCUT2D eigenvalue weighted by Gasteiger charge is -2.13. The highest BCUT2D eigenvalue weighted by molar-refractivity contribution is 5.92. The lowest BCUT2D eigenvalue weighted by molar-refractivity contribution is -0.116. The van der Waals surface area contributed by atoms with E-state index in [2.05, 4.69) is 10.4 Å². The van der Waals surface area contributed by atoms with Gasteiger partial charge in [0.25, 0.3) is 0 Å². The van der Waals surface area contributed by atoms with E-state index in [1.54, 1.807) is 49.6 Å². The molecular weight excluding hydrogens is 334 g/mol. The van der Waals surface area contributed by atoms with Gasteiger partial charge in [-0.1, -0.05) is 12.1 Å². The van der Waals surface area contributed by atoms with Crippen LogP contribution in [0.3, 0.4) is 0 Å². The molecule has 1 heterocycles. The third kappa shape index (κ3) is 3.66. The molecule has 0 bridgehead atoms. The van der Waals surface area contributed by atoms with Crippen LogP contribution in [0.15, 0.2) is 53.5 Å². The number of hydrogen-bond donors (Lipinski definition) is 1. The van der Waals surface area contributed by atoms with Crippen molar-refractivity contribution in [3.63, 3.8) is 0 Å². The molecule has 2 aromatic carbocycles. The SMILES string of the molecule is CCOc1ccc(NC(=O)Cn2ncc(=O)c3ccccc32)cc1OC. The summed E-state index contributed by atoms with van der Waals surface area (Å²) in [5.41, 5.74) is 1.02. The van der Waals surface area contributed by atoms with Gasteiger partial charge in [0.2, 0.25) is 11.3 Å². The number of carbonyl (C=O) groups is 1. The van der Waals surface area contributed by atoms with E-state index in [-0.39, 0.29) is 17.9 Å². The number of anilines is 1. The first kappa shape index (κ1) is 17.5. The number of ether oxygens (including phenoxy) is 2. The first-order chi connectivity index (χ1) is 12.6. The molecule has 0 fully saturated rings. The van der Waals surface area contributed by atoms with Crippen LogP contribution >= 0.6 is 0 Å². The molecule has 134 valence electrons. The number of rotatable bonds is 6. The Hall–Kier alpha value is -3.35. The normalized spacial score (nSPS) is 10.5. The molecule has 3 aromatic rings. The molecule has 1 amide bonds. The van der Waals surface area contributed by atoms with Gasteiger partial charge in [0.15, 0.2) is 11.5 Å². The van der Waals surface area contributed by atoms with Crippen LogP contribution in [0.1, 0.15) is 6.92 Å². The summed E-state index contributed by atoms with van der Waals surface area (Å²) >= 11 is 0. The first-order valence-electron chi connectivity index (χ1n) is 8.18. The number of fused-ring (bicyclic) bond motifs is 1. The maximum absolute atomic E-state index is 12.4. The van der Waals surface area contributed by atoms with Crippen molar-refractivity contribution in [3.05, 3.63) is 58.9 Å². The fourth-order valence-corrected chi connectivity index (χ4v) is 2.64. The molecule has 7 heteroatoms. The number of hydrogen-bond acceptors (Lipinski definition) is 5.